The van der Waals surface area contributed by atoms with Crippen molar-refractivity contribution in [3.63, 3.8) is 0 Å². The van der Waals surface area contributed by atoms with E-state index >= 15 is 0 Å². The maximum Gasteiger partial charge on any atom is 0.324 e. The van der Waals surface area contributed by atoms with Gasteiger partial charge in [0, 0.05) is 25.4 Å². The number of aryl methyl sites for hydroxylation is 1. The molecule has 1 atom stereocenters. The molecule has 0 saturated carbocycles. The monoisotopic (exact) mass is 317 g/mol. The normalized spacial score (nSPS) is 17.7. The molecule has 116 valence electrons. The van der Waals surface area contributed by atoms with Crippen molar-refractivity contribution in [2.75, 3.05) is 11.9 Å². The van der Waals surface area contributed by atoms with Crippen LogP contribution in [0.1, 0.15) is 42.8 Å². The Hall–Kier alpha value is -2.02. The van der Waals surface area contributed by atoms with Crippen LogP contribution in [-0.2, 0) is 6.42 Å². The Bertz CT molecular complexity index is 630. The lowest BCUT2D eigenvalue weighted by molar-refractivity contribution is 0.207. The van der Waals surface area contributed by atoms with Crippen LogP contribution in [0, 0.1) is 0 Å². The van der Waals surface area contributed by atoms with Crippen LogP contribution in [-0.4, -0.2) is 32.7 Å². The number of likely N-dealkylation sites (tertiary alicyclic amines) is 1. The number of nitrogens with zero attached hydrogens (tertiary/aromatic N) is 4. The summed E-state index contributed by atoms with van der Waals surface area (Å²) < 4.78 is 0. The highest BCUT2D eigenvalue weighted by atomic mass is 32.1. The van der Waals surface area contributed by atoms with Crippen molar-refractivity contribution in [3.8, 4) is 0 Å². The van der Waals surface area contributed by atoms with Crippen LogP contribution in [0.5, 0.6) is 0 Å². The molecular weight excluding hydrogens is 298 g/mol. The van der Waals surface area contributed by atoms with Gasteiger partial charge in [-0.05, 0) is 37.0 Å². The van der Waals surface area contributed by atoms with Gasteiger partial charge in [-0.1, -0.05) is 18.3 Å². The van der Waals surface area contributed by atoms with Gasteiger partial charge in [0.1, 0.15) is 5.01 Å². The quantitative estimate of drug-likeness (QED) is 0.939. The van der Waals surface area contributed by atoms with E-state index in [1.54, 1.807) is 12.4 Å². The zero-order valence-corrected chi connectivity index (χ0v) is 13.3. The van der Waals surface area contributed by atoms with Crippen molar-refractivity contribution in [2.24, 2.45) is 0 Å². The molecule has 0 spiro atoms. The number of nitrogens with one attached hydrogen (secondary N) is 1. The number of hydrogen-bond acceptors (Lipinski definition) is 5. The third-order valence-electron chi connectivity index (χ3n) is 3.75. The van der Waals surface area contributed by atoms with E-state index in [1.807, 2.05) is 17.0 Å². The van der Waals surface area contributed by atoms with Crippen LogP contribution < -0.4 is 5.32 Å². The van der Waals surface area contributed by atoms with E-state index in [0.717, 1.165) is 42.8 Å². The lowest BCUT2D eigenvalue weighted by Crippen LogP contribution is -2.34. The highest BCUT2D eigenvalue weighted by Crippen LogP contribution is 2.32. The number of amides is 2. The van der Waals surface area contributed by atoms with E-state index in [4.69, 9.17) is 0 Å². The summed E-state index contributed by atoms with van der Waals surface area (Å²) in [5, 5.41) is 12.6. The van der Waals surface area contributed by atoms with Gasteiger partial charge in [-0.25, -0.2) is 4.79 Å². The largest absolute Gasteiger partial charge is 0.324 e. The molecular formula is C15H19N5OS. The summed E-state index contributed by atoms with van der Waals surface area (Å²) in [6.45, 7) is 2.86. The molecule has 22 heavy (non-hydrogen) atoms. The van der Waals surface area contributed by atoms with Crippen LogP contribution in [0.25, 0.3) is 0 Å². The number of anilines is 1. The lowest BCUT2D eigenvalue weighted by Gasteiger charge is -2.24. The molecule has 2 aromatic rings. The molecule has 0 bridgehead atoms. The van der Waals surface area contributed by atoms with Gasteiger partial charge in [-0.3, -0.25) is 10.3 Å². The zero-order chi connectivity index (χ0) is 15.4. The van der Waals surface area contributed by atoms with Gasteiger partial charge < -0.3 is 4.90 Å². The van der Waals surface area contributed by atoms with Crippen molar-refractivity contribution >= 4 is 22.5 Å². The van der Waals surface area contributed by atoms with Crippen molar-refractivity contribution in [3.05, 3.63) is 35.1 Å². The Morgan fingerprint density at radius 3 is 3.00 bits per heavy atom. The van der Waals surface area contributed by atoms with Crippen LogP contribution in [0.3, 0.4) is 0 Å². The first-order valence-electron chi connectivity index (χ1n) is 7.58. The third kappa shape index (κ3) is 3.24. The second-order valence-corrected chi connectivity index (χ2v) is 6.38. The van der Waals surface area contributed by atoms with E-state index in [-0.39, 0.29) is 12.1 Å². The predicted molar refractivity (Wildman–Crippen MR) is 85.8 cm³/mol. The smallest absolute Gasteiger partial charge is 0.317 e. The zero-order valence-electron chi connectivity index (χ0n) is 12.5. The minimum atomic E-state index is -0.0986. The molecule has 0 radical (unpaired) electrons. The molecule has 1 fully saturated rings. The molecule has 1 saturated heterocycles. The highest BCUT2D eigenvalue weighted by molar-refractivity contribution is 7.15. The van der Waals surface area contributed by atoms with Gasteiger partial charge in [0.15, 0.2) is 0 Å². The minimum Gasteiger partial charge on any atom is -0.317 e. The Kier molecular flexibility index (Phi) is 4.62. The molecule has 0 aromatic carbocycles. The van der Waals surface area contributed by atoms with Gasteiger partial charge in [0.2, 0.25) is 5.13 Å². The summed E-state index contributed by atoms with van der Waals surface area (Å²) in [7, 11) is 0. The minimum absolute atomic E-state index is 0.0986. The Balaban J connectivity index is 1.68. The first-order chi connectivity index (χ1) is 10.8. The molecule has 1 aliphatic rings. The second-order valence-electron chi connectivity index (χ2n) is 5.31. The Labute approximate surface area is 133 Å². The molecule has 2 amide bonds. The van der Waals surface area contributed by atoms with Crippen molar-refractivity contribution < 1.29 is 4.79 Å². The number of rotatable bonds is 4. The molecule has 3 rings (SSSR count). The average molecular weight is 317 g/mol. The fourth-order valence-corrected chi connectivity index (χ4v) is 3.56. The van der Waals surface area contributed by atoms with Crippen LogP contribution in [0.4, 0.5) is 9.93 Å². The standard InChI is InChI=1S/C15H19N5OS/c1-2-4-13-18-19-14(22-13)17-15(21)20-10-3-5-12(20)11-6-8-16-9-7-11/h6-9,12H,2-5,10H2,1H3,(H,17,19,21)/t12-/m0/s1. The van der Waals surface area contributed by atoms with E-state index in [2.05, 4.69) is 27.4 Å². The number of urea groups is 1. The molecule has 0 unspecified atom stereocenters. The number of carbonyl (C=O) groups is 1. The third-order valence-corrected chi connectivity index (χ3v) is 4.65. The number of carbonyl (C=O) groups excluding carboxylic acids is 1. The van der Waals surface area contributed by atoms with Gasteiger partial charge in [-0.15, -0.1) is 10.2 Å². The van der Waals surface area contributed by atoms with Crippen LogP contribution in [0.2, 0.25) is 0 Å². The first-order valence-corrected chi connectivity index (χ1v) is 8.39. The van der Waals surface area contributed by atoms with Gasteiger partial charge in [-0.2, -0.15) is 0 Å². The number of aromatic nitrogens is 3. The molecule has 1 aliphatic heterocycles. The summed E-state index contributed by atoms with van der Waals surface area (Å²) in [5.74, 6) is 0. The molecule has 6 nitrogen and oxygen atoms in total. The molecule has 2 aromatic heterocycles. The van der Waals surface area contributed by atoms with E-state index < -0.39 is 0 Å². The van der Waals surface area contributed by atoms with Crippen molar-refractivity contribution in [1.29, 1.82) is 0 Å². The van der Waals surface area contributed by atoms with Crippen LogP contribution in [0.15, 0.2) is 24.5 Å². The summed E-state index contributed by atoms with van der Waals surface area (Å²) >= 11 is 1.45. The van der Waals surface area contributed by atoms with Crippen molar-refractivity contribution in [1.82, 2.24) is 20.1 Å². The fraction of sp³-hybridized carbons (Fsp3) is 0.467. The van der Waals surface area contributed by atoms with E-state index in [0.29, 0.717) is 5.13 Å². The van der Waals surface area contributed by atoms with E-state index in [1.165, 1.54) is 11.3 Å². The molecule has 7 heteroatoms. The highest BCUT2D eigenvalue weighted by Gasteiger charge is 2.30. The molecule has 1 N–H and O–H groups in total. The topological polar surface area (TPSA) is 71.0 Å². The van der Waals surface area contributed by atoms with E-state index in [9.17, 15) is 4.79 Å². The number of hydrogen-bond donors (Lipinski definition) is 1. The summed E-state index contributed by atoms with van der Waals surface area (Å²) in [6.07, 6.45) is 7.46. The van der Waals surface area contributed by atoms with Gasteiger partial charge >= 0.3 is 6.03 Å². The Morgan fingerprint density at radius 1 is 1.41 bits per heavy atom. The lowest BCUT2D eigenvalue weighted by atomic mass is 10.1. The summed E-state index contributed by atoms with van der Waals surface area (Å²) in [5.41, 5.74) is 1.13. The number of pyridine rings is 1. The predicted octanol–water partition coefficient (Wildman–Crippen LogP) is 3.25. The first kappa shape index (κ1) is 14.9. The summed E-state index contributed by atoms with van der Waals surface area (Å²) in [4.78, 5) is 18.4. The second kappa shape index (κ2) is 6.83. The summed E-state index contributed by atoms with van der Waals surface area (Å²) in [6, 6.07) is 3.96. The average Bonchev–Trinajstić information content (AvgIpc) is 3.18. The van der Waals surface area contributed by atoms with Crippen molar-refractivity contribution in [2.45, 2.75) is 38.6 Å². The fourth-order valence-electron chi connectivity index (χ4n) is 2.72. The maximum atomic E-state index is 12.5. The maximum absolute atomic E-state index is 12.5. The molecule has 3 heterocycles. The van der Waals surface area contributed by atoms with Gasteiger partial charge in [0.05, 0.1) is 6.04 Å². The SMILES string of the molecule is CCCc1nnc(NC(=O)N2CCC[C@H]2c2ccncc2)s1. The Morgan fingerprint density at radius 2 is 2.23 bits per heavy atom. The van der Waals surface area contributed by atoms with Gasteiger partial charge in [0.25, 0.3) is 0 Å². The van der Waals surface area contributed by atoms with Crippen LogP contribution >= 0.6 is 11.3 Å². The molecule has 0 aliphatic carbocycles.